The molecule has 0 aliphatic carbocycles. The van der Waals surface area contributed by atoms with Gasteiger partial charge < -0.3 is 25.2 Å². The number of aromatic nitrogens is 1. The van der Waals surface area contributed by atoms with Gasteiger partial charge in [-0.1, -0.05) is 62.4 Å². The van der Waals surface area contributed by atoms with Crippen molar-refractivity contribution in [3.05, 3.63) is 102 Å². The Morgan fingerprint density at radius 2 is 1.50 bits per heavy atom. The summed E-state index contributed by atoms with van der Waals surface area (Å²) in [7, 11) is 0. The number of carboxylic acid groups (broad SMARTS) is 1. The zero-order chi connectivity index (χ0) is 28.6. The van der Waals surface area contributed by atoms with Gasteiger partial charge in [0.25, 0.3) is 0 Å². The SMILES string of the molecule is CC(C)c1c(CNc2ccccc2)c(-c2ccccc2)c(-c2ccc(F)cc2)n1CC[C@@H](O)CC(O)CC(=O)O. The van der Waals surface area contributed by atoms with Crippen molar-refractivity contribution < 1.29 is 24.5 Å². The molecule has 0 fully saturated rings. The number of rotatable bonds is 13. The van der Waals surface area contributed by atoms with Gasteiger partial charge in [0, 0.05) is 35.6 Å². The summed E-state index contributed by atoms with van der Waals surface area (Å²) in [6, 6.07) is 26.6. The maximum atomic E-state index is 14.0. The van der Waals surface area contributed by atoms with Crippen LogP contribution in [0.15, 0.2) is 84.9 Å². The number of hydrogen-bond donors (Lipinski definition) is 4. The lowest BCUT2D eigenvalue weighted by Gasteiger charge is -2.20. The summed E-state index contributed by atoms with van der Waals surface area (Å²) in [5.41, 5.74) is 7.07. The highest BCUT2D eigenvalue weighted by Crippen LogP contribution is 2.42. The van der Waals surface area contributed by atoms with Crippen LogP contribution in [0.25, 0.3) is 22.4 Å². The van der Waals surface area contributed by atoms with E-state index in [9.17, 15) is 19.4 Å². The number of aliphatic hydroxyl groups is 2. The Labute approximate surface area is 234 Å². The molecule has 4 rings (SSSR count). The van der Waals surface area contributed by atoms with Gasteiger partial charge in [-0.15, -0.1) is 0 Å². The predicted molar refractivity (Wildman–Crippen MR) is 157 cm³/mol. The van der Waals surface area contributed by atoms with Crippen LogP contribution in [0.1, 0.15) is 50.3 Å². The minimum Gasteiger partial charge on any atom is -0.481 e. The third kappa shape index (κ3) is 7.17. The Morgan fingerprint density at radius 3 is 2.10 bits per heavy atom. The molecule has 4 N–H and O–H groups in total. The van der Waals surface area contributed by atoms with E-state index >= 15 is 0 Å². The average molecular weight is 545 g/mol. The highest BCUT2D eigenvalue weighted by molar-refractivity contribution is 5.86. The zero-order valence-electron chi connectivity index (χ0n) is 22.9. The van der Waals surface area contributed by atoms with E-state index in [-0.39, 0.29) is 18.2 Å². The van der Waals surface area contributed by atoms with Gasteiger partial charge in [0.1, 0.15) is 5.82 Å². The second-order valence-electron chi connectivity index (χ2n) is 10.4. The molecule has 0 saturated carbocycles. The van der Waals surface area contributed by atoms with Crippen LogP contribution in [-0.2, 0) is 17.9 Å². The van der Waals surface area contributed by atoms with E-state index in [2.05, 4.69) is 35.9 Å². The molecule has 1 heterocycles. The Hall–Kier alpha value is -3.94. The normalized spacial score (nSPS) is 12.8. The van der Waals surface area contributed by atoms with E-state index in [1.165, 1.54) is 12.1 Å². The summed E-state index contributed by atoms with van der Waals surface area (Å²) in [5, 5.41) is 33.4. The van der Waals surface area contributed by atoms with Crippen LogP contribution >= 0.6 is 0 Å². The number of anilines is 1. The molecule has 0 amide bonds. The predicted octanol–water partition coefficient (Wildman–Crippen LogP) is 6.67. The number of carbonyl (C=O) groups is 1. The van der Waals surface area contributed by atoms with Crippen molar-refractivity contribution in [2.45, 2.75) is 64.3 Å². The van der Waals surface area contributed by atoms with E-state index < -0.39 is 24.6 Å². The van der Waals surface area contributed by atoms with E-state index in [0.29, 0.717) is 19.5 Å². The molecular weight excluding hydrogens is 507 g/mol. The fourth-order valence-corrected chi connectivity index (χ4v) is 5.33. The van der Waals surface area contributed by atoms with Gasteiger partial charge in [-0.3, -0.25) is 4.79 Å². The Morgan fingerprint density at radius 1 is 0.875 bits per heavy atom. The van der Waals surface area contributed by atoms with Gasteiger partial charge in [0.05, 0.1) is 24.3 Å². The highest BCUT2D eigenvalue weighted by atomic mass is 19.1. The van der Waals surface area contributed by atoms with Gasteiger partial charge in [-0.2, -0.15) is 0 Å². The lowest BCUT2D eigenvalue weighted by Crippen LogP contribution is -2.22. The van der Waals surface area contributed by atoms with Crippen molar-refractivity contribution in [1.29, 1.82) is 0 Å². The second-order valence-corrected chi connectivity index (χ2v) is 10.4. The van der Waals surface area contributed by atoms with Crippen LogP contribution in [0, 0.1) is 5.82 Å². The molecule has 3 aromatic carbocycles. The number of hydrogen-bond acceptors (Lipinski definition) is 4. The molecule has 0 spiro atoms. The van der Waals surface area contributed by atoms with Crippen LogP contribution in [0.5, 0.6) is 0 Å². The molecule has 1 aromatic heterocycles. The van der Waals surface area contributed by atoms with Crippen LogP contribution in [0.4, 0.5) is 10.1 Å². The molecule has 7 heteroatoms. The van der Waals surface area contributed by atoms with E-state index in [4.69, 9.17) is 5.11 Å². The molecule has 0 aliphatic heterocycles. The molecule has 40 heavy (non-hydrogen) atoms. The van der Waals surface area contributed by atoms with E-state index in [1.54, 1.807) is 12.1 Å². The lowest BCUT2D eigenvalue weighted by atomic mass is 9.95. The smallest absolute Gasteiger partial charge is 0.305 e. The maximum Gasteiger partial charge on any atom is 0.305 e. The molecule has 0 radical (unpaired) electrons. The summed E-state index contributed by atoms with van der Waals surface area (Å²) in [6.45, 7) is 5.26. The van der Waals surface area contributed by atoms with Crippen molar-refractivity contribution in [1.82, 2.24) is 4.57 Å². The summed E-state index contributed by atoms with van der Waals surface area (Å²) in [5.74, 6) is -1.30. The summed E-state index contributed by atoms with van der Waals surface area (Å²) < 4.78 is 16.2. The zero-order valence-corrected chi connectivity index (χ0v) is 22.9. The van der Waals surface area contributed by atoms with Crippen LogP contribution in [0.3, 0.4) is 0 Å². The van der Waals surface area contributed by atoms with Crippen molar-refractivity contribution in [3.63, 3.8) is 0 Å². The second kappa shape index (κ2) is 13.4. The quantitative estimate of drug-likeness (QED) is 0.151. The number of carboxylic acids is 1. The number of aliphatic carboxylic acids is 1. The summed E-state index contributed by atoms with van der Waals surface area (Å²) in [6.07, 6.45) is -2.12. The van der Waals surface area contributed by atoms with Crippen LogP contribution < -0.4 is 5.32 Å². The number of aliphatic hydroxyl groups excluding tert-OH is 2. The van der Waals surface area contributed by atoms with Crippen molar-refractivity contribution >= 4 is 11.7 Å². The molecular formula is C33H37FN2O4. The first kappa shape index (κ1) is 29.1. The van der Waals surface area contributed by atoms with Crippen molar-refractivity contribution in [3.8, 4) is 22.4 Å². The Balaban J connectivity index is 1.84. The van der Waals surface area contributed by atoms with Gasteiger partial charge in [0.2, 0.25) is 0 Å². The van der Waals surface area contributed by atoms with E-state index in [1.807, 2.05) is 48.5 Å². The van der Waals surface area contributed by atoms with Gasteiger partial charge in [-0.25, -0.2) is 4.39 Å². The van der Waals surface area contributed by atoms with Gasteiger partial charge in [-0.05, 0) is 66.3 Å². The molecule has 1 unspecified atom stereocenters. The largest absolute Gasteiger partial charge is 0.481 e. The Kier molecular flexibility index (Phi) is 9.74. The van der Waals surface area contributed by atoms with Gasteiger partial charge >= 0.3 is 5.97 Å². The van der Waals surface area contributed by atoms with Gasteiger partial charge in [0.15, 0.2) is 0 Å². The van der Waals surface area contributed by atoms with Crippen LogP contribution in [0.2, 0.25) is 0 Å². The number of nitrogens with zero attached hydrogens (tertiary/aromatic N) is 1. The first-order chi connectivity index (χ1) is 19.2. The number of halogens is 1. The monoisotopic (exact) mass is 544 g/mol. The summed E-state index contributed by atoms with van der Waals surface area (Å²) in [4.78, 5) is 11.0. The molecule has 210 valence electrons. The fourth-order valence-electron chi connectivity index (χ4n) is 5.33. The third-order valence-corrected chi connectivity index (χ3v) is 7.02. The van der Waals surface area contributed by atoms with Crippen LogP contribution in [-0.4, -0.2) is 38.1 Å². The highest BCUT2D eigenvalue weighted by Gasteiger charge is 2.27. The first-order valence-electron chi connectivity index (χ1n) is 13.7. The Bertz CT molecular complexity index is 1390. The summed E-state index contributed by atoms with van der Waals surface area (Å²) >= 11 is 0. The maximum absolute atomic E-state index is 14.0. The molecule has 6 nitrogen and oxygen atoms in total. The van der Waals surface area contributed by atoms with Crippen molar-refractivity contribution in [2.75, 3.05) is 5.32 Å². The minimum absolute atomic E-state index is 0.0234. The standard InChI is InChI=1S/C33H37FN2O4/c1-22(2)32-29(21-35-26-11-7-4-8-12-26)31(23-9-5-3-6-10-23)33(24-13-15-25(34)16-14-24)36(32)18-17-27(37)19-28(38)20-30(39)40/h3-16,22,27-28,35,37-38H,17-21H2,1-2H3,(H,39,40)/t27-,28?/m1/s1. The number of benzene rings is 3. The first-order valence-corrected chi connectivity index (χ1v) is 13.7. The van der Waals surface area contributed by atoms with E-state index in [0.717, 1.165) is 39.3 Å². The minimum atomic E-state index is -1.12. The molecule has 2 atom stereocenters. The fraction of sp³-hybridized carbons (Fsp3) is 0.303. The molecule has 0 bridgehead atoms. The number of para-hydroxylation sites is 1. The molecule has 0 aliphatic rings. The van der Waals surface area contributed by atoms with Crippen molar-refractivity contribution in [2.24, 2.45) is 0 Å². The molecule has 0 saturated heterocycles. The topological polar surface area (TPSA) is 94.7 Å². The third-order valence-electron chi connectivity index (χ3n) is 7.02. The number of nitrogens with one attached hydrogen (secondary N) is 1. The average Bonchev–Trinajstić information content (AvgIpc) is 3.26. The lowest BCUT2D eigenvalue weighted by molar-refractivity contribution is -0.139. The molecule has 4 aromatic rings.